The van der Waals surface area contributed by atoms with Crippen molar-refractivity contribution in [1.29, 1.82) is 0 Å². The minimum absolute atomic E-state index is 0.728. The smallest absolute Gasteiger partial charge is 0.285 e. The van der Waals surface area contributed by atoms with Crippen molar-refractivity contribution in [1.82, 2.24) is 0 Å². The lowest BCUT2D eigenvalue weighted by Gasteiger charge is -2.29. The molecule has 0 radical (unpaired) electrons. The molecule has 1 N–H and O–H groups in total. The first-order valence-corrected chi connectivity index (χ1v) is 6.15. The number of rotatable bonds is 3. The van der Waals surface area contributed by atoms with Gasteiger partial charge in [-0.3, -0.25) is 24.8 Å². The van der Waals surface area contributed by atoms with Gasteiger partial charge in [-0.15, -0.1) is 0 Å². The van der Waals surface area contributed by atoms with Crippen LogP contribution in [0, 0.1) is 26.1 Å². The fourth-order valence-corrected chi connectivity index (χ4v) is 2.48. The zero-order valence-corrected chi connectivity index (χ0v) is 10.2. The summed E-state index contributed by atoms with van der Waals surface area (Å²) in [6, 6.07) is 0. The van der Waals surface area contributed by atoms with E-state index in [9.17, 15) is 28.6 Å². The van der Waals surface area contributed by atoms with Crippen molar-refractivity contribution < 1.29 is 22.8 Å². The predicted molar refractivity (Wildman–Crippen MR) is 59.3 cm³/mol. The van der Waals surface area contributed by atoms with E-state index in [1.165, 1.54) is 0 Å². The molecule has 1 rings (SSSR count). The lowest BCUT2D eigenvalue weighted by molar-refractivity contribution is -0.474. The molecule has 0 saturated heterocycles. The SMILES string of the molecule is CC1C([N+](=O)[O-])=C([N+](=O)[O-])C=CC1(C)S(=O)(=O)O. The van der Waals surface area contributed by atoms with Crippen LogP contribution >= 0.6 is 0 Å². The average Bonchev–Trinajstić information content (AvgIpc) is 2.19. The third kappa shape index (κ3) is 1.99. The van der Waals surface area contributed by atoms with Gasteiger partial charge in [0.1, 0.15) is 4.75 Å². The highest BCUT2D eigenvalue weighted by Gasteiger charge is 2.52. The van der Waals surface area contributed by atoms with Crippen LogP contribution < -0.4 is 0 Å². The first-order valence-electron chi connectivity index (χ1n) is 4.71. The van der Waals surface area contributed by atoms with E-state index in [-0.39, 0.29) is 0 Å². The Kier molecular flexibility index (Phi) is 3.28. The summed E-state index contributed by atoms with van der Waals surface area (Å²) < 4.78 is 29.6. The van der Waals surface area contributed by atoms with Crippen LogP contribution in [-0.4, -0.2) is 27.6 Å². The Bertz CT molecular complexity index is 576. The van der Waals surface area contributed by atoms with Gasteiger partial charge in [0.05, 0.1) is 15.8 Å². The van der Waals surface area contributed by atoms with E-state index in [2.05, 4.69) is 0 Å². The molecule has 18 heavy (non-hydrogen) atoms. The highest BCUT2D eigenvalue weighted by atomic mass is 32.2. The van der Waals surface area contributed by atoms with Crippen molar-refractivity contribution in [3.63, 3.8) is 0 Å². The zero-order chi connectivity index (χ0) is 14.3. The van der Waals surface area contributed by atoms with Crippen molar-refractivity contribution in [2.45, 2.75) is 18.6 Å². The maximum absolute atomic E-state index is 11.3. The lowest BCUT2D eigenvalue weighted by atomic mass is 9.86. The molecule has 0 saturated carbocycles. The minimum Gasteiger partial charge on any atom is -0.285 e. The Morgan fingerprint density at radius 3 is 2.17 bits per heavy atom. The van der Waals surface area contributed by atoms with Gasteiger partial charge in [0.2, 0.25) is 0 Å². The highest BCUT2D eigenvalue weighted by molar-refractivity contribution is 7.87. The number of hydrogen-bond acceptors (Lipinski definition) is 6. The van der Waals surface area contributed by atoms with Crippen LogP contribution in [0.5, 0.6) is 0 Å². The maximum Gasteiger partial charge on any atom is 0.341 e. The topological polar surface area (TPSA) is 141 Å². The fraction of sp³-hybridized carbons (Fsp3) is 0.500. The molecule has 0 aromatic heterocycles. The first-order chi connectivity index (χ1) is 8.02. The standard InChI is InChI=1S/C8H10N2O7S/c1-5-7(10(13)14)6(9(11)12)3-4-8(5,2)18(15,16)17/h3-5H,1-2H3,(H,15,16,17). The Morgan fingerprint density at radius 1 is 1.33 bits per heavy atom. The molecule has 10 heteroatoms. The molecule has 0 fully saturated rings. The normalized spacial score (nSPS) is 28.3. The highest BCUT2D eigenvalue weighted by Crippen LogP contribution is 2.38. The van der Waals surface area contributed by atoms with Crippen LogP contribution in [0.15, 0.2) is 23.5 Å². The van der Waals surface area contributed by atoms with Crippen LogP contribution in [0.4, 0.5) is 0 Å². The van der Waals surface area contributed by atoms with E-state index in [0.29, 0.717) is 0 Å². The van der Waals surface area contributed by atoms with Crippen LogP contribution in [0.25, 0.3) is 0 Å². The summed E-state index contributed by atoms with van der Waals surface area (Å²) in [7, 11) is -4.64. The van der Waals surface area contributed by atoms with E-state index in [1.54, 1.807) is 0 Å². The third-order valence-electron chi connectivity index (χ3n) is 3.05. The summed E-state index contributed by atoms with van der Waals surface area (Å²) in [5.74, 6) is -1.35. The van der Waals surface area contributed by atoms with Gasteiger partial charge >= 0.3 is 11.4 Å². The Hall–Kier alpha value is -1.81. The largest absolute Gasteiger partial charge is 0.341 e. The van der Waals surface area contributed by atoms with Crippen LogP contribution in [0.1, 0.15) is 13.8 Å². The van der Waals surface area contributed by atoms with Crippen LogP contribution in [-0.2, 0) is 10.1 Å². The summed E-state index contributed by atoms with van der Waals surface area (Å²) in [5, 5.41) is 21.5. The summed E-state index contributed by atoms with van der Waals surface area (Å²) >= 11 is 0. The van der Waals surface area contributed by atoms with Gasteiger partial charge < -0.3 is 0 Å². The number of allylic oxidation sites excluding steroid dienone is 2. The Balaban J connectivity index is 3.53. The predicted octanol–water partition coefficient (Wildman–Crippen LogP) is 0.604. The monoisotopic (exact) mass is 278 g/mol. The Labute approximate surface area is 102 Å². The van der Waals surface area contributed by atoms with Crippen LogP contribution in [0.2, 0.25) is 0 Å². The van der Waals surface area contributed by atoms with Crippen molar-refractivity contribution in [3.05, 3.63) is 43.8 Å². The van der Waals surface area contributed by atoms with E-state index in [4.69, 9.17) is 4.55 Å². The van der Waals surface area contributed by atoms with Gasteiger partial charge in [-0.1, -0.05) is 13.0 Å². The molecule has 2 atom stereocenters. The van der Waals surface area contributed by atoms with Crippen molar-refractivity contribution in [2.75, 3.05) is 0 Å². The van der Waals surface area contributed by atoms with E-state index < -0.39 is 42.0 Å². The van der Waals surface area contributed by atoms with Crippen LogP contribution in [0.3, 0.4) is 0 Å². The lowest BCUT2D eigenvalue weighted by Crippen LogP contribution is -2.44. The van der Waals surface area contributed by atoms with Gasteiger partial charge in [0.25, 0.3) is 10.1 Å². The van der Waals surface area contributed by atoms with Crippen molar-refractivity contribution in [2.24, 2.45) is 5.92 Å². The molecule has 0 aromatic carbocycles. The van der Waals surface area contributed by atoms with Gasteiger partial charge in [-0.05, 0) is 6.92 Å². The molecule has 0 aromatic rings. The van der Waals surface area contributed by atoms with E-state index >= 15 is 0 Å². The first kappa shape index (κ1) is 14.3. The molecule has 1 aliphatic rings. The van der Waals surface area contributed by atoms with Gasteiger partial charge in [0, 0.05) is 6.08 Å². The minimum atomic E-state index is -4.64. The molecule has 0 spiro atoms. The number of hydrogen-bond donors (Lipinski definition) is 1. The third-order valence-corrected chi connectivity index (χ3v) is 4.65. The van der Waals surface area contributed by atoms with Gasteiger partial charge in [-0.2, -0.15) is 8.42 Å². The molecule has 2 unspecified atom stereocenters. The zero-order valence-electron chi connectivity index (χ0n) is 9.43. The van der Waals surface area contributed by atoms with Gasteiger partial charge in [0.15, 0.2) is 0 Å². The van der Waals surface area contributed by atoms with E-state index in [0.717, 1.165) is 26.0 Å². The quantitative estimate of drug-likeness (QED) is 0.452. The molecule has 9 nitrogen and oxygen atoms in total. The molecule has 100 valence electrons. The molecule has 0 bridgehead atoms. The second-order valence-corrected chi connectivity index (χ2v) is 5.83. The second kappa shape index (κ2) is 4.14. The maximum atomic E-state index is 11.3. The number of nitrogens with zero attached hydrogens (tertiary/aromatic N) is 2. The van der Waals surface area contributed by atoms with Crippen molar-refractivity contribution in [3.8, 4) is 0 Å². The Morgan fingerprint density at radius 2 is 1.83 bits per heavy atom. The fourth-order valence-electron chi connectivity index (χ4n) is 1.68. The molecular weight excluding hydrogens is 268 g/mol. The van der Waals surface area contributed by atoms with E-state index in [1.807, 2.05) is 0 Å². The van der Waals surface area contributed by atoms with Crippen molar-refractivity contribution >= 4 is 10.1 Å². The average molecular weight is 278 g/mol. The molecule has 0 heterocycles. The summed E-state index contributed by atoms with van der Waals surface area (Å²) in [4.78, 5) is 19.5. The molecule has 0 aliphatic heterocycles. The molecule has 1 aliphatic carbocycles. The second-order valence-electron chi connectivity index (χ2n) is 4.00. The molecule has 0 amide bonds. The molecular formula is C8H10N2O7S. The van der Waals surface area contributed by atoms with Gasteiger partial charge in [-0.25, -0.2) is 0 Å². The number of nitro groups is 2. The summed E-state index contributed by atoms with van der Waals surface area (Å²) in [6.45, 7) is 2.20. The summed E-state index contributed by atoms with van der Waals surface area (Å²) in [6.07, 6.45) is 1.62. The summed E-state index contributed by atoms with van der Waals surface area (Å²) in [5.41, 5.74) is -1.63.